The molecule has 0 aromatic rings. The zero-order valence-electron chi connectivity index (χ0n) is 5.09. The fourth-order valence-electron chi connectivity index (χ4n) is 0.495. The van der Waals surface area contributed by atoms with Gasteiger partial charge >= 0.3 is 0 Å². The minimum atomic E-state index is 0. The van der Waals surface area contributed by atoms with Crippen LogP contribution in [0.2, 0.25) is 0 Å². The molecule has 6 heteroatoms. The minimum Gasteiger partial charge on any atom is -0.376 e. The Morgan fingerprint density at radius 2 is 2.60 bits per heavy atom. The Bertz CT molecular complexity index is 161. The third-order valence-electron chi connectivity index (χ3n) is 0.811. The van der Waals surface area contributed by atoms with Crippen molar-refractivity contribution >= 4 is 34.3 Å². The molecule has 0 spiro atoms. The van der Waals surface area contributed by atoms with Gasteiger partial charge < -0.3 is 11.1 Å². The lowest BCUT2D eigenvalue weighted by atomic mass is 10.6. The number of thiocarbonyl (C=S) groups is 1. The molecule has 1 aliphatic rings. The van der Waals surface area contributed by atoms with Crippen LogP contribution >= 0.6 is 29.2 Å². The molecule has 1 rings (SSSR count). The van der Waals surface area contributed by atoms with Crippen LogP contribution in [0.15, 0.2) is 11.9 Å². The van der Waals surface area contributed by atoms with Crippen LogP contribution in [0.5, 0.6) is 0 Å². The maximum absolute atomic E-state index is 5.16. The summed E-state index contributed by atoms with van der Waals surface area (Å²) in [6.07, 6.45) is 1.80. The zero-order chi connectivity index (χ0) is 6.69. The number of nitrogens with one attached hydrogen (secondary N) is 2. The van der Waals surface area contributed by atoms with E-state index in [2.05, 4.69) is 23.0 Å². The summed E-state index contributed by atoms with van der Waals surface area (Å²) in [6, 6.07) is 0. The lowest BCUT2D eigenvalue weighted by molar-refractivity contribution is 0.106. The maximum atomic E-state index is 5.16. The lowest BCUT2D eigenvalue weighted by Gasteiger charge is -2.02. The van der Waals surface area contributed by atoms with Crippen LogP contribution in [-0.4, -0.2) is 11.7 Å². The second-order valence-electron chi connectivity index (χ2n) is 1.52. The number of halogens is 1. The average Bonchev–Trinajstić information content (AvgIpc) is 2.15. The minimum absolute atomic E-state index is 0. The van der Waals surface area contributed by atoms with E-state index < -0.39 is 0 Å². The van der Waals surface area contributed by atoms with E-state index in [1.807, 2.05) is 0 Å². The van der Waals surface area contributed by atoms with Crippen LogP contribution < -0.4 is 16.5 Å². The van der Waals surface area contributed by atoms with Crippen LogP contribution in [-0.2, 0) is 4.84 Å². The van der Waals surface area contributed by atoms with Gasteiger partial charge in [-0.05, 0) is 18.3 Å². The Balaban J connectivity index is 0.000000810. The van der Waals surface area contributed by atoms with Crippen molar-refractivity contribution in [3.05, 3.63) is 11.9 Å². The van der Waals surface area contributed by atoms with E-state index in [-0.39, 0.29) is 22.1 Å². The van der Waals surface area contributed by atoms with Crippen LogP contribution in [0.1, 0.15) is 0 Å². The van der Waals surface area contributed by atoms with Crippen molar-refractivity contribution in [2.24, 2.45) is 5.73 Å². The number of hydrogen-bond donors (Lipinski definition) is 3. The van der Waals surface area contributed by atoms with E-state index in [1.54, 1.807) is 6.08 Å². The van der Waals surface area contributed by atoms with Crippen molar-refractivity contribution in [1.82, 2.24) is 10.8 Å². The van der Waals surface area contributed by atoms with Gasteiger partial charge in [0, 0.05) is 0 Å². The van der Waals surface area contributed by atoms with E-state index in [0.29, 0.717) is 12.4 Å². The summed E-state index contributed by atoms with van der Waals surface area (Å²) >= 11 is 4.56. The fourth-order valence-corrected chi connectivity index (χ4v) is 0.605. The van der Waals surface area contributed by atoms with Crippen molar-refractivity contribution in [1.29, 1.82) is 0 Å². The average molecular weight is 226 g/mol. The molecule has 4 nitrogen and oxygen atoms in total. The predicted molar refractivity (Wildman–Crippen MR) is 47.4 cm³/mol. The van der Waals surface area contributed by atoms with E-state index in [9.17, 15) is 0 Å². The Morgan fingerprint density at radius 3 is 3.00 bits per heavy atom. The SMILES string of the molecule is Br.NC(=S)NC1=CCON1. The van der Waals surface area contributed by atoms with E-state index in [0.717, 1.165) is 0 Å². The van der Waals surface area contributed by atoms with Gasteiger partial charge in [-0.3, -0.25) is 10.3 Å². The van der Waals surface area contributed by atoms with Gasteiger partial charge in [-0.25, -0.2) is 0 Å². The highest BCUT2D eigenvalue weighted by atomic mass is 79.9. The number of hydrogen-bond acceptors (Lipinski definition) is 3. The standard InChI is InChI=1S/C4H7N3OS.BrH/c5-4(9)6-3-1-2-8-7-3;/h1,7H,2H2,(H3,5,6,9);1H. The molecule has 0 bridgehead atoms. The molecule has 1 aliphatic heterocycles. The zero-order valence-corrected chi connectivity index (χ0v) is 7.62. The van der Waals surface area contributed by atoms with Crippen molar-refractivity contribution in [3.8, 4) is 0 Å². The Hall–Kier alpha value is -0.330. The largest absolute Gasteiger partial charge is 0.376 e. The molecule has 0 radical (unpaired) electrons. The summed E-state index contributed by atoms with van der Waals surface area (Å²) in [4.78, 5) is 4.74. The molecular weight excluding hydrogens is 218 g/mol. The molecule has 58 valence electrons. The molecule has 10 heavy (non-hydrogen) atoms. The van der Waals surface area contributed by atoms with Gasteiger partial charge in [0.2, 0.25) is 0 Å². The molecule has 0 unspecified atom stereocenters. The molecular formula is C4H8BrN3OS. The Labute approximate surface area is 74.5 Å². The second-order valence-corrected chi connectivity index (χ2v) is 1.96. The Kier molecular flexibility index (Phi) is 4.33. The van der Waals surface area contributed by atoms with Gasteiger partial charge in [0.15, 0.2) is 5.11 Å². The Morgan fingerprint density at radius 1 is 1.90 bits per heavy atom. The molecule has 0 fully saturated rings. The summed E-state index contributed by atoms with van der Waals surface area (Å²) in [5, 5.41) is 2.91. The summed E-state index contributed by atoms with van der Waals surface area (Å²) in [6.45, 7) is 0.547. The summed E-state index contributed by atoms with van der Waals surface area (Å²) in [5.41, 5.74) is 7.73. The summed E-state index contributed by atoms with van der Waals surface area (Å²) in [5.74, 6) is 0.711. The number of hydroxylamine groups is 1. The molecule has 0 atom stereocenters. The third-order valence-corrected chi connectivity index (χ3v) is 0.913. The first kappa shape index (κ1) is 9.67. The highest BCUT2D eigenvalue weighted by Gasteiger charge is 2.01. The van der Waals surface area contributed by atoms with Gasteiger partial charge in [-0.15, -0.1) is 17.0 Å². The van der Waals surface area contributed by atoms with Crippen molar-refractivity contribution in [2.75, 3.05) is 6.61 Å². The number of rotatable bonds is 1. The van der Waals surface area contributed by atoms with Crippen molar-refractivity contribution < 1.29 is 4.84 Å². The predicted octanol–water partition coefficient (Wildman–Crippen LogP) is -0.226. The second kappa shape index (κ2) is 4.48. The molecule has 0 aliphatic carbocycles. The van der Waals surface area contributed by atoms with Gasteiger partial charge in [-0.1, -0.05) is 0 Å². The molecule has 0 saturated heterocycles. The van der Waals surface area contributed by atoms with E-state index >= 15 is 0 Å². The van der Waals surface area contributed by atoms with Gasteiger partial charge in [0.1, 0.15) is 5.82 Å². The highest BCUT2D eigenvalue weighted by molar-refractivity contribution is 8.93. The summed E-state index contributed by atoms with van der Waals surface area (Å²) < 4.78 is 0. The molecule has 4 N–H and O–H groups in total. The topological polar surface area (TPSA) is 59.3 Å². The molecule has 0 saturated carbocycles. The van der Waals surface area contributed by atoms with Gasteiger partial charge in [-0.2, -0.15) is 0 Å². The third kappa shape index (κ3) is 3.00. The fraction of sp³-hybridized carbons (Fsp3) is 0.250. The summed E-state index contributed by atoms with van der Waals surface area (Å²) in [7, 11) is 0. The number of nitrogens with two attached hydrogens (primary N) is 1. The first-order valence-corrected chi connectivity index (χ1v) is 2.84. The normalized spacial score (nSPS) is 14.6. The highest BCUT2D eigenvalue weighted by Crippen LogP contribution is 1.91. The first-order chi connectivity index (χ1) is 4.29. The monoisotopic (exact) mass is 225 g/mol. The lowest BCUT2D eigenvalue weighted by Crippen LogP contribution is -2.32. The first-order valence-electron chi connectivity index (χ1n) is 2.43. The van der Waals surface area contributed by atoms with E-state index in [4.69, 9.17) is 10.6 Å². The van der Waals surface area contributed by atoms with Crippen molar-refractivity contribution in [3.63, 3.8) is 0 Å². The molecule has 0 aromatic carbocycles. The van der Waals surface area contributed by atoms with Crippen molar-refractivity contribution in [2.45, 2.75) is 0 Å². The molecule has 0 aromatic heterocycles. The van der Waals surface area contributed by atoms with Crippen LogP contribution in [0.3, 0.4) is 0 Å². The van der Waals surface area contributed by atoms with Gasteiger partial charge in [0.05, 0.1) is 6.61 Å². The van der Waals surface area contributed by atoms with Crippen LogP contribution in [0.25, 0.3) is 0 Å². The quantitative estimate of drug-likeness (QED) is 0.539. The van der Waals surface area contributed by atoms with Crippen LogP contribution in [0.4, 0.5) is 0 Å². The maximum Gasteiger partial charge on any atom is 0.169 e. The van der Waals surface area contributed by atoms with E-state index in [1.165, 1.54) is 0 Å². The smallest absolute Gasteiger partial charge is 0.169 e. The van der Waals surface area contributed by atoms with Gasteiger partial charge in [0.25, 0.3) is 0 Å². The molecule has 1 heterocycles. The molecule has 0 amide bonds. The van der Waals surface area contributed by atoms with Crippen LogP contribution in [0, 0.1) is 0 Å².